The Morgan fingerprint density at radius 2 is 2.00 bits per heavy atom. The van der Waals surface area contributed by atoms with E-state index >= 15 is 0 Å². The van der Waals surface area contributed by atoms with Crippen molar-refractivity contribution in [2.75, 3.05) is 16.8 Å². The van der Waals surface area contributed by atoms with Gasteiger partial charge in [0.25, 0.3) is 0 Å². The number of amides is 1. The van der Waals surface area contributed by atoms with Crippen LogP contribution in [0.3, 0.4) is 0 Å². The monoisotopic (exact) mass is 318 g/mol. The Balaban J connectivity index is 2.05. The Kier molecular flexibility index (Phi) is 3.79. The van der Waals surface area contributed by atoms with Crippen molar-refractivity contribution < 1.29 is 9.18 Å². The van der Waals surface area contributed by atoms with Crippen LogP contribution in [0.5, 0.6) is 0 Å². The molecule has 0 aromatic heterocycles. The number of rotatable bonds is 2. The molecule has 3 rings (SSSR count). The number of carbonyl (C=O) groups excluding carboxylic acids is 1. The number of carbonyl (C=O) groups is 1. The number of benzene rings is 2. The summed E-state index contributed by atoms with van der Waals surface area (Å²) in [5.41, 5.74) is 4.21. The Morgan fingerprint density at radius 1 is 1.27 bits per heavy atom. The van der Waals surface area contributed by atoms with E-state index in [4.69, 9.17) is 11.6 Å². The van der Waals surface area contributed by atoms with Gasteiger partial charge in [0.2, 0.25) is 5.91 Å². The number of nitrogens with one attached hydrogen (secondary N) is 1. The first kappa shape index (κ1) is 14.9. The normalized spacial score (nSPS) is 13.8. The second-order valence-electron chi connectivity index (χ2n) is 5.49. The minimum absolute atomic E-state index is 0.102. The minimum Gasteiger partial charge on any atom is -0.374 e. The van der Waals surface area contributed by atoms with Gasteiger partial charge in [-0.3, -0.25) is 4.79 Å². The van der Waals surface area contributed by atoms with Crippen molar-refractivity contribution in [3.05, 3.63) is 57.9 Å². The van der Waals surface area contributed by atoms with E-state index in [-0.39, 0.29) is 19.0 Å². The SMILES string of the molecule is Cc1cc2c(cc1C)N(Cc1c(F)cccc1Cl)C(=O)CN2. The molecule has 3 nitrogen and oxygen atoms in total. The molecule has 1 heterocycles. The molecule has 2 aromatic rings. The molecular weight excluding hydrogens is 303 g/mol. The fraction of sp³-hybridized carbons (Fsp3) is 0.235. The van der Waals surface area contributed by atoms with Crippen LogP contribution in [-0.4, -0.2) is 12.5 Å². The van der Waals surface area contributed by atoms with Crippen LogP contribution >= 0.6 is 11.6 Å². The van der Waals surface area contributed by atoms with E-state index in [9.17, 15) is 9.18 Å². The lowest BCUT2D eigenvalue weighted by Crippen LogP contribution is -2.39. The number of nitrogens with zero attached hydrogens (tertiary/aromatic N) is 1. The molecule has 0 unspecified atom stereocenters. The van der Waals surface area contributed by atoms with Gasteiger partial charge < -0.3 is 10.2 Å². The van der Waals surface area contributed by atoms with Gasteiger partial charge >= 0.3 is 0 Å². The highest BCUT2D eigenvalue weighted by molar-refractivity contribution is 6.31. The minimum atomic E-state index is -0.399. The summed E-state index contributed by atoms with van der Waals surface area (Å²) in [5.74, 6) is -0.501. The molecule has 0 radical (unpaired) electrons. The van der Waals surface area contributed by atoms with Crippen LogP contribution < -0.4 is 10.2 Å². The van der Waals surface area contributed by atoms with Crippen molar-refractivity contribution in [2.24, 2.45) is 0 Å². The molecule has 2 aromatic carbocycles. The van der Waals surface area contributed by atoms with Crippen LogP contribution in [0, 0.1) is 19.7 Å². The number of aryl methyl sites for hydroxylation is 2. The quantitative estimate of drug-likeness (QED) is 0.906. The van der Waals surface area contributed by atoms with E-state index in [1.807, 2.05) is 26.0 Å². The molecule has 0 saturated heterocycles. The lowest BCUT2D eigenvalue weighted by Gasteiger charge is -2.31. The van der Waals surface area contributed by atoms with Gasteiger partial charge in [-0.15, -0.1) is 0 Å². The third kappa shape index (κ3) is 2.55. The van der Waals surface area contributed by atoms with Crippen LogP contribution in [0.1, 0.15) is 16.7 Å². The highest BCUT2D eigenvalue weighted by Crippen LogP contribution is 2.34. The summed E-state index contributed by atoms with van der Waals surface area (Å²) in [6.07, 6.45) is 0. The summed E-state index contributed by atoms with van der Waals surface area (Å²) >= 11 is 6.09. The number of anilines is 2. The van der Waals surface area contributed by atoms with Gasteiger partial charge in [0.05, 0.1) is 24.5 Å². The summed E-state index contributed by atoms with van der Waals surface area (Å²) in [5, 5.41) is 3.44. The van der Waals surface area contributed by atoms with Crippen molar-refractivity contribution in [1.82, 2.24) is 0 Å². The van der Waals surface area contributed by atoms with Gasteiger partial charge in [0.1, 0.15) is 5.82 Å². The Morgan fingerprint density at radius 3 is 2.73 bits per heavy atom. The van der Waals surface area contributed by atoms with Crippen molar-refractivity contribution in [1.29, 1.82) is 0 Å². The maximum absolute atomic E-state index is 14.0. The second-order valence-corrected chi connectivity index (χ2v) is 5.89. The third-order valence-electron chi connectivity index (χ3n) is 4.01. The topological polar surface area (TPSA) is 32.3 Å². The van der Waals surface area contributed by atoms with Gasteiger partial charge in [-0.25, -0.2) is 4.39 Å². The molecule has 0 atom stereocenters. The number of hydrogen-bond donors (Lipinski definition) is 1. The zero-order valence-corrected chi connectivity index (χ0v) is 13.2. The van der Waals surface area contributed by atoms with Crippen LogP contribution in [0.15, 0.2) is 30.3 Å². The molecule has 1 amide bonds. The van der Waals surface area contributed by atoms with Gasteiger partial charge in [-0.1, -0.05) is 17.7 Å². The van der Waals surface area contributed by atoms with E-state index in [2.05, 4.69) is 5.32 Å². The van der Waals surface area contributed by atoms with Crippen LogP contribution in [0.4, 0.5) is 15.8 Å². The Labute approximate surface area is 133 Å². The van der Waals surface area contributed by atoms with E-state index in [1.165, 1.54) is 6.07 Å². The number of hydrogen-bond acceptors (Lipinski definition) is 2. The standard InChI is InChI=1S/C17H16ClFN2O/c1-10-6-15-16(7-11(10)2)21(17(22)8-20-15)9-12-13(18)4-3-5-14(12)19/h3-7,20H,8-9H2,1-2H3. The Bertz CT molecular complexity index is 740. The van der Waals surface area contributed by atoms with E-state index in [0.29, 0.717) is 10.6 Å². The zero-order chi connectivity index (χ0) is 15.9. The van der Waals surface area contributed by atoms with Crippen LogP contribution in [-0.2, 0) is 11.3 Å². The van der Waals surface area contributed by atoms with Crippen molar-refractivity contribution in [3.63, 3.8) is 0 Å². The molecule has 22 heavy (non-hydrogen) atoms. The summed E-state index contributed by atoms with van der Waals surface area (Å²) in [7, 11) is 0. The second kappa shape index (κ2) is 5.61. The molecule has 114 valence electrons. The van der Waals surface area contributed by atoms with Gasteiger partial charge in [-0.05, 0) is 49.2 Å². The molecule has 0 bridgehead atoms. The predicted octanol–water partition coefficient (Wildman–Crippen LogP) is 4.05. The third-order valence-corrected chi connectivity index (χ3v) is 4.37. The van der Waals surface area contributed by atoms with Gasteiger partial charge in [0.15, 0.2) is 0 Å². The first-order valence-electron chi connectivity index (χ1n) is 7.05. The van der Waals surface area contributed by atoms with Gasteiger partial charge in [-0.2, -0.15) is 0 Å². The molecule has 1 N–H and O–H groups in total. The zero-order valence-electron chi connectivity index (χ0n) is 12.4. The summed E-state index contributed by atoms with van der Waals surface area (Å²) in [6.45, 7) is 4.33. The van der Waals surface area contributed by atoms with Crippen molar-refractivity contribution in [2.45, 2.75) is 20.4 Å². The van der Waals surface area contributed by atoms with Crippen molar-refractivity contribution >= 4 is 28.9 Å². The highest BCUT2D eigenvalue weighted by Gasteiger charge is 2.26. The number of halogens is 2. The summed E-state index contributed by atoms with van der Waals surface area (Å²) in [6, 6.07) is 8.50. The van der Waals surface area contributed by atoms with Crippen LogP contribution in [0.2, 0.25) is 5.02 Å². The fourth-order valence-electron chi connectivity index (χ4n) is 2.58. The largest absolute Gasteiger partial charge is 0.374 e. The summed E-state index contributed by atoms with van der Waals surface area (Å²) < 4.78 is 14.0. The first-order valence-corrected chi connectivity index (χ1v) is 7.43. The summed E-state index contributed by atoms with van der Waals surface area (Å²) in [4.78, 5) is 13.9. The molecule has 0 fully saturated rings. The van der Waals surface area contributed by atoms with E-state index in [1.54, 1.807) is 17.0 Å². The van der Waals surface area contributed by atoms with E-state index < -0.39 is 5.82 Å². The first-order chi connectivity index (χ1) is 10.5. The van der Waals surface area contributed by atoms with E-state index in [0.717, 1.165) is 22.5 Å². The number of fused-ring (bicyclic) bond motifs is 1. The molecule has 0 saturated carbocycles. The highest BCUT2D eigenvalue weighted by atomic mass is 35.5. The average Bonchev–Trinajstić information content (AvgIpc) is 2.47. The smallest absolute Gasteiger partial charge is 0.246 e. The maximum Gasteiger partial charge on any atom is 0.246 e. The Hall–Kier alpha value is -2.07. The average molecular weight is 319 g/mol. The molecule has 1 aliphatic heterocycles. The van der Waals surface area contributed by atoms with Crippen LogP contribution in [0.25, 0.3) is 0 Å². The molecule has 0 aliphatic carbocycles. The fourth-order valence-corrected chi connectivity index (χ4v) is 2.80. The van der Waals surface area contributed by atoms with Crippen molar-refractivity contribution in [3.8, 4) is 0 Å². The lowest BCUT2D eigenvalue weighted by atomic mass is 10.0. The van der Waals surface area contributed by atoms with Gasteiger partial charge in [0, 0.05) is 10.6 Å². The molecular formula is C17H16ClFN2O. The predicted molar refractivity (Wildman–Crippen MR) is 87.0 cm³/mol. The maximum atomic E-state index is 14.0. The molecule has 1 aliphatic rings. The molecule has 5 heteroatoms. The lowest BCUT2D eigenvalue weighted by molar-refractivity contribution is -0.117. The molecule has 0 spiro atoms.